The molecule has 3 nitrogen and oxygen atoms in total. The lowest BCUT2D eigenvalue weighted by molar-refractivity contribution is -0.134. The molecule has 1 saturated heterocycles. The summed E-state index contributed by atoms with van der Waals surface area (Å²) >= 11 is 0. The summed E-state index contributed by atoms with van der Waals surface area (Å²) in [4.78, 5) is 13.1. The Morgan fingerprint density at radius 1 is 1.12 bits per heavy atom. The van der Waals surface area contributed by atoms with Gasteiger partial charge in [0.2, 0.25) is 5.91 Å². The van der Waals surface area contributed by atoms with Crippen LogP contribution in [0.2, 0.25) is 0 Å². The molecule has 24 heavy (non-hydrogen) atoms. The molecule has 2 aliphatic carbocycles. The van der Waals surface area contributed by atoms with Gasteiger partial charge in [-0.05, 0) is 31.7 Å². The van der Waals surface area contributed by atoms with Gasteiger partial charge >= 0.3 is 0 Å². The van der Waals surface area contributed by atoms with Crippen molar-refractivity contribution in [1.82, 2.24) is 5.32 Å². The second-order valence-electron chi connectivity index (χ2n) is 8.40. The molecule has 3 heteroatoms. The van der Waals surface area contributed by atoms with Gasteiger partial charge < -0.3 is 10.1 Å². The van der Waals surface area contributed by atoms with Gasteiger partial charge in [-0.1, -0.05) is 56.0 Å². The third-order valence-corrected chi connectivity index (χ3v) is 6.74. The zero-order valence-corrected chi connectivity index (χ0v) is 14.8. The van der Waals surface area contributed by atoms with E-state index in [2.05, 4.69) is 17.4 Å². The smallest absolute Gasteiger partial charge is 0.230 e. The summed E-state index contributed by atoms with van der Waals surface area (Å²) in [7, 11) is 0. The van der Waals surface area contributed by atoms with E-state index in [-0.39, 0.29) is 5.91 Å². The Morgan fingerprint density at radius 2 is 1.83 bits per heavy atom. The van der Waals surface area contributed by atoms with Crippen molar-refractivity contribution in [2.45, 2.75) is 63.5 Å². The molecule has 0 aromatic heterocycles. The molecule has 1 aromatic rings. The predicted octanol–water partition coefficient (Wildman–Crippen LogP) is 3.67. The quantitative estimate of drug-likeness (QED) is 0.916. The fourth-order valence-corrected chi connectivity index (χ4v) is 5.18. The third kappa shape index (κ3) is 2.57. The Morgan fingerprint density at radius 3 is 2.54 bits per heavy atom. The Hall–Kier alpha value is -1.35. The number of amides is 1. The number of carbonyl (C=O) groups is 1. The Balaban J connectivity index is 1.49. The lowest BCUT2D eigenvalue weighted by atomic mass is 9.61. The highest BCUT2D eigenvalue weighted by atomic mass is 16.5. The van der Waals surface area contributed by atoms with Crippen molar-refractivity contribution in [3.05, 3.63) is 35.9 Å². The number of fused-ring (bicyclic) bond motifs is 1. The molecule has 4 rings (SSSR count). The summed E-state index contributed by atoms with van der Waals surface area (Å²) in [6.45, 7) is 4.93. The lowest BCUT2D eigenvalue weighted by Crippen LogP contribution is -2.65. The number of hydrogen-bond donors (Lipinski definition) is 1. The van der Waals surface area contributed by atoms with Crippen LogP contribution < -0.4 is 5.32 Å². The fraction of sp³-hybridized carbons (Fsp3) is 0.667. The van der Waals surface area contributed by atoms with Crippen molar-refractivity contribution >= 4 is 5.91 Å². The van der Waals surface area contributed by atoms with Gasteiger partial charge in [0.05, 0.1) is 11.5 Å². The molecule has 0 radical (unpaired) electrons. The Bertz CT molecular complexity index is 586. The minimum atomic E-state index is -0.494. The first kappa shape index (κ1) is 16.1. The standard InChI is InChI=1S/C21H29NO2/c1-21(2,15-10-4-3-5-11-15)20(23)22-18-16-12-13-24-19(16)17(18)14-8-6-7-9-14/h3-5,10-11,14,16-19H,6-9,12-13H2,1-2H3,(H,22,23)/t16-,17+,18+,19-/m1/s1. The van der Waals surface area contributed by atoms with Crippen LogP contribution in [0.25, 0.3) is 0 Å². The SMILES string of the molecule is CC(C)(C(=O)N[C@H]1[C@H]2CCO[C@H]2[C@H]1C1CCCC1)c1ccccc1. The summed E-state index contributed by atoms with van der Waals surface area (Å²) < 4.78 is 6.01. The van der Waals surface area contributed by atoms with Gasteiger partial charge in [-0.15, -0.1) is 0 Å². The van der Waals surface area contributed by atoms with Crippen LogP contribution in [0.15, 0.2) is 30.3 Å². The van der Waals surface area contributed by atoms with Gasteiger partial charge in [0, 0.05) is 24.5 Å². The number of nitrogens with one attached hydrogen (secondary N) is 1. The largest absolute Gasteiger partial charge is 0.377 e. The molecule has 0 unspecified atom stereocenters. The first-order valence-electron chi connectivity index (χ1n) is 9.57. The minimum absolute atomic E-state index is 0.159. The summed E-state index contributed by atoms with van der Waals surface area (Å²) in [6.07, 6.45) is 6.81. The van der Waals surface area contributed by atoms with E-state index in [9.17, 15) is 4.79 Å². The van der Waals surface area contributed by atoms with Crippen LogP contribution in [0.4, 0.5) is 0 Å². The topological polar surface area (TPSA) is 38.3 Å². The molecule has 1 aromatic carbocycles. The highest BCUT2D eigenvalue weighted by Gasteiger charge is 2.57. The molecule has 1 amide bonds. The van der Waals surface area contributed by atoms with Crippen molar-refractivity contribution in [2.24, 2.45) is 17.8 Å². The van der Waals surface area contributed by atoms with Crippen molar-refractivity contribution in [3.8, 4) is 0 Å². The van der Waals surface area contributed by atoms with E-state index in [1.54, 1.807) is 0 Å². The number of rotatable bonds is 4. The number of benzene rings is 1. The van der Waals surface area contributed by atoms with E-state index >= 15 is 0 Å². The van der Waals surface area contributed by atoms with Gasteiger partial charge in [0.25, 0.3) is 0 Å². The molecule has 130 valence electrons. The van der Waals surface area contributed by atoms with Crippen molar-refractivity contribution < 1.29 is 9.53 Å². The average molecular weight is 327 g/mol. The maximum atomic E-state index is 13.1. The van der Waals surface area contributed by atoms with E-state index in [4.69, 9.17) is 4.74 Å². The molecule has 1 aliphatic heterocycles. The summed E-state index contributed by atoms with van der Waals surface area (Å²) in [5, 5.41) is 3.43. The highest BCUT2D eigenvalue weighted by Crippen LogP contribution is 2.51. The van der Waals surface area contributed by atoms with Crippen LogP contribution in [0.1, 0.15) is 51.5 Å². The number of ether oxygens (including phenoxy) is 1. The van der Waals surface area contributed by atoms with E-state index < -0.39 is 5.41 Å². The Kier molecular flexibility index (Phi) is 4.16. The van der Waals surface area contributed by atoms with Crippen molar-refractivity contribution in [1.29, 1.82) is 0 Å². The zero-order valence-electron chi connectivity index (χ0n) is 14.8. The summed E-state index contributed by atoms with van der Waals surface area (Å²) in [6, 6.07) is 10.4. The van der Waals surface area contributed by atoms with Gasteiger partial charge in [0.15, 0.2) is 0 Å². The minimum Gasteiger partial charge on any atom is -0.377 e. The Labute approximate surface area is 145 Å². The number of hydrogen-bond acceptors (Lipinski definition) is 2. The van der Waals surface area contributed by atoms with Crippen molar-refractivity contribution in [3.63, 3.8) is 0 Å². The molecule has 1 heterocycles. The molecule has 0 spiro atoms. The average Bonchev–Trinajstić information content (AvgIpc) is 3.24. The van der Waals surface area contributed by atoms with E-state index in [0.29, 0.717) is 24.0 Å². The fourth-order valence-electron chi connectivity index (χ4n) is 5.18. The molecule has 4 atom stereocenters. The van der Waals surface area contributed by atoms with Gasteiger partial charge in [0.1, 0.15) is 0 Å². The lowest BCUT2D eigenvalue weighted by Gasteiger charge is -2.51. The molecule has 0 bridgehead atoms. The second-order valence-corrected chi connectivity index (χ2v) is 8.40. The van der Waals surface area contributed by atoms with Crippen LogP contribution in [-0.2, 0) is 14.9 Å². The maximum Gasteiger partial charge on any atom is 0.230 e. The maximum absolute atomic E-state index is 13.1. The van der Waals surface area contributed by atoms with E-state index in [0.717, 1.165) is 24.5 Å². The normalized spacial score (nSPS) is 33.1. The van der Waals surface area contributed by atoms with Crippen LogP contribution in [0, 0.1) is 17.8 Å². The first-order valence-corrected chi connectivity index (χ1v) is 9.57. The summed E-state index contributed by atoms with van der Waals surface area (Å²) in [5.74, 6) is 1.98. The molecule has 3 aliphatic rings. The van der Waals surface area contributed by atoms with Crippen LogP contribution in [0.5, 0.6) is 0 Å². The summed E-state index contributed by atoms with van der Waals surface area (Å²) in [5.41, 5.74) is 0.588. The molecule has 2 saturated carbocycles. The highest BCUT2D eigenvalue weighted by molar-refractivity contribution is 5.87. The van der Waals surface area contributed by atoms with Gasteiger partial charge in [-0.25, -0.2) is 0 Å². The third-order valence-electron chi connectivity index (χ3n) is 6.74. The van der Waals surface area contributed by atoms with E-state index in [1.165, 1.54) is 25.7 Å². The molecule has 1 N–H and O–H groups in total. The molecule has 3 fully saturated rings. The monoisotopic (exact) mass is 327 g/mol. The number of carbonyl (C=O) groups excluding carboxylic acids is 1. The molecular formula is C21H29NO2. The first-order chi connectivity index (χ1) is 11.6. The van der Waals surface area contributed by atoms with Crippen LogP contribution in [0.3, 0.4) is 0 Å². The predicted molar refractivity (Wildman–Crippen MR) is 94.7 cm³/mol. The van der Waals surface area contributed by atoms with Crippen molar-refractivity contribution in [2.75, 3.05) is 6.61 Å². The van der Waals surface area contributed by atoms with Gasteiger partial charge in [-0.2, -0.15) is 0 Å². The molecular weight excluding hydrogens is 298 g/mol. The van der Waals surface area contributed by atoms with Crippen LogP contribution in [-0.4, -0.2) is 24.7 Å². The van der Waals surface area contributed by atoms with E-state index in [1.807, 2.05) is 32.0 Å². The van der Waals surface area contributed by atoms with Crippen LogP contribution >= 0.6 is 0 Å². The zero-order chi connectivity index (χ0) is 16.7. The second kappa shape index (κ2) is 6.18. The van der Waals surface area contributed by atoms with Gasteiger partial charge in [-0.3, -0.25) is 4.79 Å².